The maximum Gasteiger partial charge on any atom is 0.164 e. The molecule has 0 amide bonds. The highest BCUT2D eigenvalue weighted by molar-refractivity contribution is 6.23. The van der Waals surface area contributed by atoms with Crippen LogP contribution in [0.1, 0.15) is 0 Å². The summed E-state index contributed by atoms with van der Waals surface area (Å²) in [6.07, 6.45) is 2.19. The predicted octanol–water partition coefficient (Wildman–Crippen LogP) is 13.0. The van der Waals surface area contributed by atoms with Gasteiger partial charge in [0.05, 0.1) is 27.6 Å². The molecular formula is C53H34N6. The van der Waals surface area contributed by atoms with Crippen LogP contribution in [0.4, 0.5) is 0 Å². The topological polar surface area (TPSA) is 53.5 Å². The van der Waals surface area contributed by atoms with Crippen molar-refractivity contribution in [2.75, 3.05) is 0 Å². The van der Waals surface area contributed by atoms with Gasteiger partial charge in [-0.2, -0.15) is 0 Å². The van der Waals surface area contributed by atoms with Gasteiger partial charge >= 0.3 is 0 Å². The van der Waals surface area contributed by atoms with Crippen molar-refractivity contribution in [3.05, 3.63) is 206 Å². The monoisotopic (exact) mass is 754 g/mol. The fourth-order valence-electron chi connectivity index (χ4n) is 8.84. The van der Waals surface area contributed by atoms with Crippen molar-refractivity contribution in [1.82, 2.24) is 28.7 Å². The number of hydrogen-bond acceptors (Lipinski definition) is 3. The van der Waals surface area contributed by atoms with Crippen LogP contribution in [-0.4, -0.2) is 28.7 Å². The van der Waals surface area contributed by atoms with Gasteiger partial charge in [-0.3, -0.25) is 0 Å². The van der Waals surface area contributed by atoms with Crippen LogP contribution < -0.4 is 0 Å². The SMILES string of the molecule is c1ccc(-c2nc(-c3ccccc3)nc(-c3cccc(-n4c5cc6c(cc5c5ccc7c(ccn7-c7ccccc7)c54)c4ccccc4n6-c4ccccc4)c3)n2)cc1. The summed E-state index contributed by atoms with van der Waals surface area (Å²) < 4.78 is 7.11. The van der Waals surface area contributed by atoms with E-state index in [-0.39, 0.29) is 0 Å². The molecule has 0 bridgehead atoms. The first-order chi connectivity index (χ1) is 29.3. The lowest BCUT2D eigenvalue weighted by molar-refractivity contribution is 1.07. The van der Waals surface area contributed by atoms with Crippen molar-refractivity contribution in [3.8, 4) is 51.2 Å². The predicted molar refractivity (Wildman–Crippen MR) is 242 cm³/mol. The molecule has 0 fully saturated rings. The van der Waals surface area contributed by atoms with Crippen molar-refractivity contribution < 1.29 is 0 Å². The number of hydrogen-bond donors (Lipinski definition) is 0. The number of fused-ring (bicyclic) bond motifs is 8. The summed E-state index contributed by atoms with van der Waals surface area (Å²) in [5.41, 5.74) is 11.8. The van der Waals surface area contributed by atoms with Crippen molar-refractivity contribution in [2.45, 2.75) is 0 Å². The Kier molecular flexibility index (Phi) is 7.43. The van der Waals surface area contributed by atoms with Gasteiger partial charge in [0.15, 0.2) is 17.5 Å². The van der Waals surface area contributed by atoms with E-state index in [4.69, 9.17) is 15.0 Å². The molecule has 12 aromatic rings. The van der Waals surface area contributed by atoms with E-state index in [1.807, 2.05) is 60.7 Å². The summed E-state index contributed by atoms with van der Waals surface area (Å²) in [6, 6.07) is 70.5. The maximum absolute atomic E-state index is 5.11. The summed E-state index contributed by atoms with van der Waals surface area (Å²) in [4.78, 5) is 15.2. The standard InChI is InChI=1S/C53H34N6/c1-5-16-35(17-6-1)51-54-52(36-18-7-2-8-19-36)56-53(55-51)37-20-15-25-40(32-37)59-49-34-48-44(41-26-13-14-27-47(41)58(48)39-23-11-4-12-24-39)33-45(49)42-28-29-46-43(50(42)59)30-31-57(46)38-21-9-3-10-22-38/h1-34H. The van der Waals surface area contributed by atoms with Gasteiger partial charge in [-0.25, -0.2) is 15.0 Å². The van der Waals surface area contributed by atoms with E-state index in [9.17, 15) is 0 Å². The van der Waals surface area contributed by atoms with E-state index in [0.717, 1.165) is 55.8 Å². The molecule has 0 saturated heterocycles. The minimum atomic E-state index is 0.618. The van der Waals surface area contributed by atoms with Gasteiger partial charge in [0.25, 0.3) is 0 Å². The zero-order valence-electron chi connectivity index (χ0n) is 31.8. The molecule has 6 nitrogen and oxygen atoms in total. The quantitative estimate of drug-likeness (QED) is 0.170. The fourth-order valence-corrected chi connectivity index (χ4v) is 8.84. The second kappa shape index (κ2) is 13.3. The Labute approximate surface area is 339 Å². The second-order valence-electron chi connectivity index (χ2n) is 14.9. The Balaban J connectivity index is 1.16. The van der Waals surface area contributed by atoms with Crippen LogP contribution >= 0.6 is 0 Å². The molecule has 0 aliphatic carbocycles. The van der Waals surface area contributed by atoms with E-state index < -0.39 is 0 Å². The molecule has 0 radical (unpaired) electrons. The van der Waals surface area contributed by atoms with Crippen LogP contribution in [0.15, 0.2) is 206 Å². The molecule has 12 rings (SSSR count). The summed E-state index contributed by atoms with van der Waals surface area (Å²) in [5.74, 6) is 1.89. The van der Waals surface area contributed by atoms with Crippen LogP contribution in [-0.2, 0) is 0 Å². The van der Waals surface area contributed by atoms with Crippen LogP contribution in [0.25, 0.3) is 106 Å². The second-order valence-corrected chi connectivity index (χ2v) is 14.9. The molecule has 0 saturated carbocycles. The first-order valence-electron chi connectivity index (χ1n) is 19.9. The Morgan fingerprint density at radius 3 is 1.53 bits per heavy atom. The van der Waals surface area contributed by atoms with Gasteiger partial charge in [-0.1, -0.05) is 133 Å². The van der Waals surface area contributed by atoms with Crippen molar-refractivity contribution in [1.29, 1.82) is 0 Å². The molecule has 0 aliphatic heterocycles. The van der Waals surface area contributed by atoms with Gasteiger partial charge in [0.2, 0.25) is 0 Å². The molecule has 4 heterocycles. The lowest BCUT2D eigenvalue weighted by Crippen LogP contribution is -2.01. The number of rotatable bonds is 6. The molecule has 0 aliphatic rings. The number of nitrogens with zero attached hydrogens (tertiary/aromatic N) is 6. The summed E-state index contributed by atoms with van der Waals surface area (Å²) >= 11 is 0. The maximum atomic E-state index is 5.11. The molecule has 6 heteroatoms. The number of aromatic nitrogens is 6. The summed E-state index contributed by atoms with van der Waals surface area (Å²) in [7, 11) is 0. The van der Waals surface area contributed by atoms with E-state index in [0.29, 0.717) is 17.5 Å². The summed E-state index contributed by atoms with van der Waals surface area (Å²) in [6.45, 7) is 0. The molecule has 276 valence electrons. The van der Waals surface area contributed by atoms with Crippen molar-refractivity contribution in [3.63, 3.8) is 0 Å². The lowest BCUT2D eigenvalue weighted by Gasteiger charge is -2.13. The highest BCUT2D eigenvalue weighted by Crippen LogP contribution is 2.42. The van der Waals surface area contributed by atoms with Gasteiger partial charge in [-0.15, -0.1) is 0 Å². The largest absolute Gasteiger partial charge is 0.316 e. The molecule has 4 aromatic heterocycles. The van der Waals surface area contributed by atoms with E-state index in [1.165, 1.54) is 32.4 Å². The van der Waals surface area contributed by atoms with Crippen LogP contribution in [0.3, 0.4) is 0 Å². The third-order valence-corrected chi connectivity index (χ3v) is 11.5. The summed E-state index contributed by atoms with van der Waals surface area (Å²) in [5, 5.41) is 6.01. The van der Waals surface area contributed by atoms with Gasteiger partial charge in [0.1, 0.15) is 0 Å². The molecule has 0 unspecified atom stereocenters. The third kappa shape index (κ3) is 5.31. The van der Waals surface area contributed by atoms with E-state index in [1.54, 1.807) is 0 Å². The van der Waals surface area contributed by atoms with Crippen molar-refractivity contribution >= 4 is 54.5 Å². The van der Waals surface area contributed by atoms with Crippen molar-refractivity contribution in [2.24, 2.45) is 0 Å². The highest BCUT2D eigenvalue weighted by Gasteiger charge is 2.22. The number of para-hydroxylation sites is 3. The van der Waals surface area contributed by atoms with E-state index in [2.05, 4.69) is 159 Å². The normalized spacial score (nSPS) is 11.7. The third-order valence-electron chi connectivity index (χ3n) is 11.5. The Bertz CT molecular complexity index is 3470. The Hall–Kier alpha value is -8.09. The van der Waals surface area contributed by atoms with Crippen LogP contribution in [0.2, 0.25) is 0 Å². The van der Waals surface area contributed by atoms with Gasteiger partial charge < -0.3 is 13.7 Å². The van der Waals surface area contributed by atoms with Crippen LogP contribution in [0, 0.1) is 0 Å². The molecule has 0 atom stereocenters. The molecular weight excluding hydrogens is 721 g/mol. The lowest BCUT2D eigenvalue weighted by atomic mass is 10.1. The molecule has 0 N–H and O–H groups in total. The Morgan fingerprint density at radius 1 is 0.288 bits per heavy atom. The fraction of sp³-hybridized carbons (Fsp3) is 0. The van der Waals surface area contributed by atoms with Crippen LogP contribution in [0.5, 0.6) is 0 Å². The van der Waals surface area contributed by atoms with E-state index >= 15 is 0 Å². The van der Waals surface area contributed by atoms with Gasteiger partial charge in [0, 0.05) is 66.9 Å². The molecule has 0 spiro atoms. The minimum absolute atomic E-state index is 0.618. The molecule has 8 aromatic carbocycles. The Morgan fingerprint density at radius 2 is 0.831 bits per heavy atom. The average Bonchev–Trinajstić information content (AvgIpc) is 3.99. The van der Waals surface area contributed by atoms with Gasteiger partial charge in [-0.05, 0) is 66.7 Å². The first-order valence-corrected chi connectivity index (χ1v) is 19.9. The highest BCUT2D eigenvalue weighted by atomic mass is 15.0. The number of benzene rings is 8. The molecule has 59 heavy (non-hydrogen) atoms. The zero-order chi connectivity index (χ0) is 38.9. The smallest absolute Gasteiger partial charge is 0.164 e. The zero-order valence-corrected chi connectivity index (χ0v) is 31.8. The minimum Gasteiger partial charge on any atom is -0.316 e. The average molecular weight is 755 g/mol. The first kappa shape index (κ1) is 33.1.